The molecule has 0 amide bonds. The maximum absolute atomic E-state index is 12.9. The fourth-order valence-electron chi connectivity index (χ4n) is 1.93. The third-order valence-electron chi connectivity index (χ3n) is 2.98. The molecule has 1 heterocycles. The fourth-order valence-corrected chi connectivity index (χ4v) is 1.93. The van der Waals surface area contributed by atoms with Crippen LogP contribution in [0.4, 0.5) is 13.2 Å². The van der Waals surface area contributed by atoms with Crippen LogP contribution in [0.5, 0.6) is 0 Å². The van der Waals surface area contributed by atoms with Crippen LogP contribution < -0.4 is 0 Å². The van der Waals surface area contributed by atoms with Gasteiger partial charge < -0.3 is 10.1 Å². The van der Waals surface area contributed by atoms with Crippen molar-refractivity contribution in [2.75, 3.05) is 0 Å². The maximum atomic E-state index is 12.9. The lowest BCUT2D eigenvalue weighted by Crippen LogP contribution is -2.09. The van der Waals surface area contributed by atoms with Gasteiger partial charge in [-0.05, 0) is 18.1 Å². The minimum absolute atomic E-state index is 0.0137. The summed E-state index contributed by atoms with van der Waals surface area (Å²) in [6, 6.07) is 5.49. The number of carboxylic acid groups (broad SMARTS) is 1. The Kier molecular flexibility index (Phi) is 3.76. The lowest BCUT2D eigenvalue weighted by molar-refractivity contribution is -0.141. The van der Waals surface area contributed by atoms with E-state index in [4.69, 9.17) is 5.11 Å². The van der Waals surface area contributed by atoms with Crippen molar-refractivity contribution >= 4 is 5.97 Å². The second-order valence-electron chi connectivity index (χ2n) is 4.88. The lowest BCUT2D eigenvalue weighted by Gasteiger charge is -2.07. The van der Waals surface area contributed by atoms with Crippen LogP contribution in [0.1, 0.15) is 41.5 Å². The molecule has 0 fully saturated rings. The van der Waals surface area contributed by atoms with Gasteiger partial charge in [0.15, 0.2) is 5.69 Å². The Bertz CT molecular complexity index is 658. The van der Waals surface area contributed by atoms with Gasteiger partial charge in [-0.25, -0.2) is 9.78 Å². The predicted molar refractivity (Wildman–Crippen MR) is 70.1 cm³/mol. The largest absolute Gasteiger partial charge is 0.478 e. The predicted octanol–water partition coefficient (Wildman–Crippen LogP) is 3.92. The topological polar surface area (TPSA) is 66.0 Å². The second kappa shape index (κ2) is 5.23. The van der Waals surface area contributed by atoms with Crippen LogP contribution in [0.15, 0.2) is 24.3 Å². The summed E-state index contributed by atoms with van der Waals surface area (Å²) in [6.45, 7) is 3.28. The number of nitrogens with one attached hydrogen (secondary N) is 1. The number of aromatic carboxylic acids is 1. The average Bonchev–Trinajstić information content (AvgIpc) is 2.84. The molecule has 0 aliphatic rings. The molecule has 0 saturated carbocycles. The number of carboxylic acids is 1. The first-order chi connectivity index (χ1) is 9.70. The number of rotatable bonds is 3. The Balaban J connectivity index is 2.47. The van der Waals surface area contributed by atoms with E-state index in [2.05, 4.69) is 9.97 Å². The van der Waals surface area contributed by atoms with Gasteiger partial charge in [-0.15, -0.1) is 0 Å². The summed E-state index contributed by atoms with van der Waals surface area (Å²) in [4.78, 5) is 17.0. The molecular formula is C14H13F3N2O2. The Morgan fingerprint density at radius 3 is 2.19 bits per heavy atom. The molecule has 1 aromatic carbocycles. The first kappa shape index (κ1) is 15.1. The van der Waals surface area contributed by atoms with E-state index in [0.717, 1.165) is 0 Å². The summed E-state index contributed by atoms with van der Waals surface area (Å²) >= 11 is 0. The summed E-state index contributed by atoms with van der Waals surface area (Å²) in [7, 11) is 0. The Labute approximate surface area is 118 Å². The number of alkyl halides is 3. The quantitative estimate of drug-likeness (QED) is 0.902. The number of aromatic amines is 1. The summed E-state index contributed by atoms with van der Waals surface area (Å²) in [5, 5.41) is 8.80. The number of carbonyl (C=O) groups is 1. The van der Waals surface area contributed by atoms with Crippen LogP contribution in [0.3, 0.4) is 0 Å². The Morgan fingerprint density at radius 1 is 1.24 bits per heavy atom. The van der Waals surface area contributed by atoms with Crippen molar-refractivity contribution in [2.45, 2.75) is 25.9 Å². The number of hydrogen-bond donors (Lipinski definition) is 2. The van der Waals surface area contributed by atoms with Gasteiger partial charge in [0.1, 0.15) is 5.82 Å². The zero-order valence-electron chi connectivity index (χ0n) is 11.3. The van der Waals surface area contributed by atoms with E-state index >= 15 is 0 Å². The highest BCUT2D eigenvalue weighted by molar-refractivity contribution is 5.88. The van der Waals surface area contributed by atoms with Gasteiger partial charge in [0.25, 0.3) is 0 Å². The number of H-pyrrole nitrogens is 1. The van der Waals surface area contributed by atoms with Gasteiger partial charge in [-0.3, -0.25) is 0 Å². The molecule has 0 atom stereocenters. The summed E-state index contributed by atoms with van der Waals surface area (Å²) in [6.07, 6.45) is -4.53. The zero-order chi connectivity index (χ0) is 15.8. The molecule has 0 spiro atoms. The van der Waals surface area contributed by atoms with Crippen LogP contribution in [0.2, 0.25) is 0 Å². The van der Waals surface area contributed by atoms with Crippen LogP contribution in [-0.2, 0) is 6.18 Å². The highest BCUT2D eigenvalue weighted by atomic mass is 19.4. The van der Waals surface area contributed by atoms with Gasteiger partial charge in [-0.1, -0.05) is 26.0 Å². The molecule has 0 aliphatic heterocycles. The summed E-state index contributed by atoms with van der Waals surface area (Å²) in [5.74, 6) is -1.39. The van der Waals surface area contributed by atoms with Crippen LogP contribution >= 0.6 is 0 Å². The molecule has 4 nitrogen and oxygen atoms in total. The first-order valence-electron chi connectivity index (χ1n) is 6.21. The van der Waals surface area contributed by atoms with Gasteiger partial charge >= 0.3 is 12.1 Å². The van der Waals surface area contributed by atoms with E-state index in [1.54, 1.807) is 13.8 Å². The van der Waals surface area contributed by atoms with E-state index in [1.807, 2.05) is 0 Å². The van der Waals surface area contributed by atoms with Crippen LogP contribution in [-0.4, -0.2) is 21.0 Å². The van der Waals surface area contributed by atoms with Crippen molar-refractivity contribution in [1.29, 1.82) is 0 Å². The van der Waals surface area contributed by atoms with Crippen molar-refractivity contribution in [3.8, 4) is 11.4 Å². The minimum atomic E-state index is -4.53. The van der Waals surface area contributed by atoms with Crippen molar-refractivity contribution in [1.82, 2.24) is 9.97 Å². The van der Waals surface area contributed by atoms with E-state index in [0.29, 0.717) is 5.56 Å². The Hall–Kier alpha value is -2.31. The standard InChI is InChI=1S/C14H13F3N2O2/c1-7(2)10-11(14(15,16)17)19-12(18-10)8-3-5-9(6-4-8)13(20)21/h3-7H,1-2H3,(H,18,19)(H,20,21). The van der Waals surface area contributed by atoms with Crippen LogP contribution in [0, 0.1) is 0 Å². The molecular weight excluding hydrogens is 285 g/mol. The van der Waals surface area contributed by atoms with Gasteiger partial charge in [0.2, 0.25) is 0 Å². The third kappa shape index (κ3) is 3.07. The fraction of sp³-hybridized carbons (Fsp3) is 0.286. The molecule has 21 heavy (non-hydrogen) atoms. The molecule has 0 bridgehead atoms. The molecule has 7 heteroatoms. The molecule has 0 unspecified atom stereocenters. The normalized spacial score (nSPS) is 11.9. The maximum Gasteiger partial charge on any atom is 0.435 e. The molecule has 0 saturated heterocycles. The summed E-state index contributed by atoms with van der Waals surface area (Å²) in [5.41, 5.74) is -0.461. The molecule has 2 N–H and O–H groups in total. The molecule has 0 radical (unpaired) electrons. The zero-order valence-corrected chi connectivity index (χ0v) is 11.3. The van der Waals surface area contributed by atoms with E-state index in [-0.39, 0.29) is 23.0 Å². The Morgan fingerprint density at radius 2 is 1.81 bits per heavy atom. The number of benzene rings is 1. The molecule has 1 aromatic heterocycles. The number of hydrogen-bond acceptors (Lipinski definition) is 2. The average molecular weight is 298 g/mol. The van der Waals surface area contributed by atoms with Crippen molar-refractivity contribution in [3.63, 3.8) is 0 Å². The van der Waals surface area contributed by atoms with Gasteiger partial charge in [0, 0.05) is 5.56 Å². The van der Waals surface area contributed by atoms with E-state index < -0.39 is 17.8 Å². The highest BCUT2D eigenvalue weighted by Crippen LogP contribution is 2.35. The number of aromatic nitrogens is 2. The summed E-state index contributed by atoms with van der Waals surface area (Å²) < 4.78 is 38.8. The van der Waals surface area contributed by atoms with Crippen molar-refractivity contribution < 1.29 is 23.1 Å². The van der Waals surface area contributed by atoms with E-state index in [1.165, 1.54) is 24.3 Å². The molecule has 2 aromatic rings. The second-order valence-corrected chi connectivity index (χ2v) is 4.88. The van der Waals surface area contributed by atoms with E-state index in [9.17, 15) is 18.0 Å². The molecule has 0 aliphatic carbocycles. The number of nitrogens with zero attached hydrogens (tertiary/aromatic N) is 1. The minimum Gasteiger partial charge on any atom is -0.478 e. The SMILES string of the molecule is CC(C)c1[nH]c(-c2ccc(C(=O)O)cc2)nc1C(F)(F)F. The van der Waals surface area contributed by atoms with Gasteiger partial charge in [-0.2, -0.15) is 13.2 Å². The molecule has 2 rings (SSSR count). The van der Waals surface area contributed by atoms with Gasteiger partial charge in [0.05, 0.1) is 11.3 Å². The lowest BCUT2D eigenvalue weighted by atomic mass is 10.1. The van der Waals surface area contributed by atoms with Crippen molar-refractivity contribution in [3.05, 3.63) is 41.2 Å². The first-order valence-corrected chi connectivity index (χ1v) is 6.21. The number of halogens is 3. The smallest absolute Gasteiger partial charge is 0.435 e. The third-order valence-corrected chi connectivity index (χ3v) is 2.98. The highest BCUT2D eigenvalue weighted by Gasteiger charge is 2.38. The van der Waals surface area contributed by atoms with Crippen LogP contribution in [0.25, 0.3) is 11.4 Å². The van der Waals surface area contributed by atoms with Crippen molar-refractivity contribution in [2.24, 2.45) is 0 Å². The molecule has 112 valence electrons. The monoisotopic (exact) mass is 298 g/mol. The number of imidazole rings is 1.